The van der Waals surface area contributed by atoms with Crippen LogP contribution in [0.1, 0.15) is 44.1 Å². The molecule has 0 aliphatic rings. The number of hydrogen-bond acceptors (Lipinski definition) is 3. The third-order valence-electron chi connectivity index (χ3n) is 2.67. The summed E-state index contributed by atoms with van der Waals surface area (Å²) in [4.78, 5) is 3.53. The predicted octanol–water partition coefficient (Wildman–Crippen LogP) is 3.72. The number of aliphatic hydroxyl groups is 1. The summed E-state index contributed by atoms with van der Waals surface area (Å²) in [7, 11) is 0. The summed E-state index contributed by atoms with van der Waals surface area (Å²) in [5, 5.41) is 12.0. The first-order valence-corrected chi connectivity index (χ1v) is 7.09. The molecule has 1 aromatic heterocycles. The lowest BCUT2D eigenvalue weighted by Gasteiger charge is -2.22. The van der Waals surface area contributed by atoms with Crippen molar-refractivity contribution in [2.24, 2.45) is 0 Å². The largest absolute Gasteiger partial charge is 0.388 e. The molecule has 100 valence electrons. The smallest absolute Gasteiger partial charge is 0.0894 e. The van der Waals surface area contributed by atoms with Crippen molar-refractivity contribution < 1.29 is 5.11 Å². The van der Waals surface area contributed by atoms with Gasteiger partial charge >= 0.3 is 0 Å². The Kier molecular flexibility index (Phi) is 9.84. The van der Waals surface area contributed by atoms with Gasteiger partial charge in [-0.2, -0.15) is 0 Å². The maximum atomic E-state index is 9.98. The van der Waals surface area contributed by atoms with E-state index < -0.39 is 0 Å². The van der Waals surface area contributed by atoms with E-state index in [0.717, 1.165) is 30.9 Å². The quantitative estimate of drug-likeness (QED) is 0.783. The first-order valence-electron chi connectivity index (χ1n) is 6.21. The van der Waals surface area contributed by atoms with E-state index in [1.165, 1.54) is 12.8 Å². The van der Waals surface area contributed by atoms with Crippen molar-refractivity contribution in [3.63, 3.8) is 0 Å². The van der Waals surface area contributed by atoms with E-state index in [-0.39, 0.29) is 18.5 Å². The summed E-state index contributed by atoms with van der Waals surface area (Å²) in [5.41, 5.74) is 0. The fourth-order valence-corrected chi connectivity index (χ4v) is 2.64. The molecule has 0 amide bonds. The van der Waals surface area contributed by atoms with Crippen LogP contribution >= 0.6 is 23.7 Å². The molecule has 1 rings (SSSR count). The summed E-state index contributed by atoms with van der Waals surface area (Å²) in [6, 6.07) is 4.01. The summed E-state index contributed by atoms with van der Waals surface area (Å²) in [6.45, 7) is 7.70. The second kappa shape index (κ2) is 9.89. The van der Waals surface area contributed by atoms with Gasteiger partial charge in [0.15, 0.2) is 0 Å². The van der Waals surface area contributed by atoms with Crippen LogP contribution in [0.3, 0.4) is 0 Å². The number of hydrogen-bond donors (Lipinski definition) is 1. The minimum absolute atomic E-state index is 0. The van der Waals surface area contributed by atoms with Crippen LogP contribution in [0.4, 0.5) is 0 Å². The van der Waals surface area contributed by atoms with Gasteiger partial charge in [-0.25, -0.2) is 0 Å². The molecular weight excluding hydrogens is 254 g/mol. The first-order chi connectivity index (χ1) is 7.77. The van der Waals surface area contributed by atoms with Crippen LogP contribution in [0.2, 0.25) is 0 Å². The molecule has 0 saturated heterocycles. The molecule has 1 N–H and O–H groups in total. The zero-order chi connectivity index (χ0) is 11.8. The fraction of sp³-hybridized carbons (Fsp3) is 0.692. The minimum atomic E-state index is -0.281. The van der Waals surface area contributed by atoms with Crippen LogP contribution in [-0.2, 0) is 0 Å². The highest BCUT2D eigenvalue weighted by atomic mass is 35.5. The predicted molar refractivity (Wildman–Crippen MR) is 78.2 cm³/mol. The SMILES string of the molecule is CCCN(CCC)CCC(O)c1cccs1.Cl. The summed E-state index contributed by atoms with van der Waals surface area (Å²) >= 11 is 1.64. The zero-order valence-electron chi connectivity index (χ0n) is 10.8. The van der Waals surface area contributed by atoms with E-state index in [4.69, 9.17) is 0 Å². The highest BCUT2D eigenvalue weighted by molar-refractivity contribution is 7.10. The monoisotopic (exact) mass is 277 g/mol. The number of thiophene rings is 1. The Morgan fingerprint density at radius 3 is 2.35 bits per heavy atom. The molecule has 0 aromatic carbocycles. The van der Waals surface area contributed by atoms with Crippen molar-refractivity contribution in [3.05, 3.63) is 22.4 Å². The Morgan fingerprint density at radius 2 is 1.88 bits per heavy atom. The number of halogens is 1. The van der Waals surface area contributed by atoms with E-state index in [2.05, 4.69) is 18.7 Å². The molecule has 1 aromatic rings. The average molecular weight is 278 g/mol. The van der Waals surface area contributed by atoms with Gasteiger partial charge in [0.25, 0.3) is 0 Å². The molecular formula is C13H24ClNOS. The maximum Gasteiger partial charge on any atom is 0.0894 e. The molecule has 0 fully saturated rings. The minimum Gasteiger partial charge on any atom is -0.388 e. The number of aliphatic hydroxyl groups excluding tert-OH is 1. The van der Waals surface area contributed by atoms with Gasteiger partial charge in [0, 0.05) is 11.4 Å². The van der Waals surface area contributed by atoms with Gasteiger partial charge in [0.1, 0.15) is 0 Å². The van der Waals surface area contributed by atoms with Crippen molar-refractivity contribution in [2.75, 3.05) is 19.6 Å². The molecule has 0 saturated carbocycles. The van der Waals surface area contributed by atoms with Crippen molar-refractivity contribution in [2.45, 2.75) is 39.2 Å². The van der Waals surface area contributed by atoms with Gasteiger partial charge in [0.2, 0.25) is 0 Å². The lowest BCUT2D eigenvalue weighted by molar-refractivity contribution is 0.144. The Bertz CT molecular complexity index is 260. The number of nitrogens with zero attached hydrogens (tertiary/aromatic N) is 1. The second-order valence-electron chi connectivity index (χ2n) is 4.16. The highest BCUT2D eigenvalue weighted by Gasteiger charge is 2.10. The van der Waals surface area contributed by atoms with E-state index in [1.54, 1.807) is 11.3 Å². The summed E-state index contributed by atoms with van der Waals surface area (Å²) < 4.78 is 0. The molecule has 0 spiro atoms. The molecule has 1 heterocycles. The lowest BCUT2D eigenvalue weighted by atomic mass is 10.2. The van der Waals surface area contributed by atoms with E-state index in [9.17, 15) is 5.11 Å². The third-order valence-corrected chi connectivity index (χ3v) is 3.64. The standard InChI is InChI=1S/C13H23NOS.ClH/c1-3-8-14(9-4-2)10-7-12(15)13-6-5-11-16-13;/h5-6,11-12,15H,3-4,7-10H2,1-2H3;1H. The molecule has 0 aliphatic heterocycles. The first kappa shape index (κ1) is 16.9. The maximum absolute atomic E-state index is 9.98. The zero-order valence-corrected chi connectivity index (χ0v) is 12.4. The average Bonchev–Trinajstić information content (AvgIpc) is 2.79. The highest BCUT2D eigenvalue weighted by Crippen LogP contribution is 2.21. The molecule has 4 heteroatoms. The lowest BCUT2D eigenvalue weighted by Crippen LogP contribution is -2.27. The third kappa shape index (κ3) is 6.41. The molecule has 2 nitrogen and oxygen atoms in total. The number of rotatable bonds is 8. The summed E-state index contributed by atoms with van der Waals surface area (Å²) in [6.07, 6.45) is 2.95. The molecule has 1 atom stereocenters. The molecule has 1 unspecified atom stereocenters. The van der Waals surface area contributed by atoms with Gasteiger partial charge in [-0.3, -0.25) is 0 Å². The van der Waals surface area contributed by atoms with E-state index in [1.807, 2.05) is 17.5 Å². The van der Waals surface area contributed by atoms with Crippen LogP contribution in [0.5, 0.6) is 0 Å². The van der Waals surface area contributed by atoms with Gasteiger partial charge in [-0.1, -0.05) is 19.9 Å². The van der Waals surface area contributed by atoms with E-state index >= 15 is 0 Å². The van der Waals surface area contributed by atoms with Crippen LogP contribution in [0, 0.1) is 0 Å². The van der Waals surface area contributed by atoms with Crippen LogP contribution < -0.4 is 0 Å². The van der Waals surface area contributed by atoms with Crippen molar-refractivity contribution in [1.29, 1.82) is 0 Å². The molecule has 0 aliphatic carbocycles. The van der Waals surface area contributed by atoms with Crippen molar-refractivity contribution >= 4 is 23.7 Å². The Balaban J connectivity index is 0.00000256. The van der Waals surface area contributed by atoms with Gasteiger partial charge < -0.3 is 10.0 Å². The Hall–Kier alpha value is -0.0900. The van der Waals surface area contributed by atoms with Crippen molar-refractivity contribution in [3.8, 4) is 0 Å². The van der Waals surface area contributed by atoms with Gasteiger partial charge in [-0.05, 0) is 43.8 Å². The van der Waals surface area contributed by atoms with Crippen LogP contribution in [0.15, 0.2) is 17.5 Å². The summed E-state index contributed by atoms with van der Waals surface area (Å²) in [5.74, 6) is 0. The van der Waals surface area contributed by atoms with Crippen molar-refractivity contribution in [1.82, 2.24) is 4.90 Å². The van der Waals surface area contributed by atoms with E-state index in [0.29, 0.717) is 0 Å². The fourth-order valence-electron chi connectivity index (χ4n) is 1.90. The Labute approximate surface area is 115 Å². The Morgan fingerprint density at radius 1 is 1.24 bits per heavy atom. The normalized spacial score (nSPS) is 12.5. The molecule has 0 radical (unpaired) electrons. The van der Waals surface area contributed by atoms with Gasteiger partial charge in [0.05, 0.1) is 6.10 Å². The second-order valence-corrected chi connectivity index (χ2v) is 5.14. The van der Waals surface area contributed by atoms with Gasteiger partial charge in [-0.15, -0.1) is 23.7 Å². The van der Waals surface area contributed by atoms with Crippen LogP contribution in [0.25, 0.3) is 0 Å². The molecule has 17 heavy (non-hydrogen) atoms. The molecule has 0 bridgehead atoms. The topological polar surface area (TPSA) is 23.5 Å². The van der Waals surface area contributed by atoms with Crippen LogP contribution in [-0.4, -0.2) is 29.6 Å².